The first kappa shape index (κ1) is 11.6. The van der Waals surface area contributed by atoms with E-state index < -0.39 is 5.97 Å². The molecule has 0 radical (unpaired) electrons. The second-order valence-corrected chi connectivity index (χ2v) is 2.11. The van der Waals surface area contributed by atoms with Crippen molar-refractivity contribution in [1.29, 1.82) is 5.41 Å². The third-order valence-electron chi connectivity index (χ3n) is 1.35. The molecule has 1 rings (SSSR count). The number of halogens is 1. The monoisotopic (exact) mass is 200 g/mol. The van der Waals surface area contributed by atoms with Crippen molar-refractivity contribution in [1.82, 2.24) is 4.98 Å². The number of ether oxygens (including phenoxy) is 1. The van der Waals surface area contributed by atoms with Crippen LogP contribution in [0.1, 0.15) is 16.1 Å². The smallest absolute Gasteiger partial charge is 0.337 e. The molecule has 0 aliphatic heterocycles. The Labute approximate surface area is 81.9 Å². The Kier molecular flexibility index (Phi) is 4.69. The van der Waals surface area contributed by atoms with E-state index in [1.807, 2.05) is 0 Å². The fourth-order valence-corrected chi connectivity index (χ4v) is 0.772. The largest absolute Gasteiger partial charge is 0.465 e. The molecule has 0 atom stereocenters. The van der Waals surface area contributed by atoms with Crippen LogP contribution in [0.2, 0.25) is 0 Å². The van der Waals surface area contributed by atoms with Gasteiger partial charge in [-0.15, -0.1) is 12.4 Å². The molecule has 0 saturated heterocycles. The highest BCUT2D eigenvalue weighted by atomic mass is 35.5. The Morgan fingerprint density at radius 1 is 1.69 bits per heavy atom. The molecule has 4 nitrogen and oxygen atoms in total. The molecule has 5 heteroatoms. The first-order valence-corrected chi connectivity index (χ1v) is 3.33. The summed E-state index contributed by atoms with van der Waals surface area (Å²) in [5, 5.41) is 6.90. The Bertz CT molecular complexity index is 315. The molecule has 70 valence electrons. The molecule has 0 unspecified atom stereocenters. The number of aromatic nitrogens is 1. The first-order chi connectivity index (χ1) is 5.77. The zero-order valence-electron chi connectivity index (χ0n) is 6.98. The van der Waals surface area contributed by atoms with Crippen LogP contribution < -0.4 is 0 Å². The van der Waals surface area contributed by atoms with E-state index in [4.69, 9.17) is 5.41 Å². The molecule has 1 aromatic heterocycles. The maximum absolute atomic E-state index is 11.0. The summed E-state index contributed by atoms with van der Waals surface area (Å²) >= 11 is 0. The minimum atomic E-state index is -0.416. The number of rotatable bonds is 2. The predicted octanol–water partition coefficient (Wildman–Crippen LogP) is 1.29. The summed E-state index contributed by atoms with van der Waals surface area (Å²) in [5.41, 5.74) is 0.851. The molecule has 1 aromatic rings. The number of carbonyl (C=O) groups excluding carboxylic acids is 1. The van der Waals surface area contributed by atoms with Gasteiger partial charge in [-0.25, -0.2) is 4.79 Å². The number of carbonyl (C=O) groups is 1. The SMILES string of the molecule is COC(=O)c1ccnc(C=N)c1.Cl. The second kappa shape index (κ2) is 5.27. The number of hydrogen-bond donors (Lipinski definition) is 1. The maximum atomic E-state index is 11.0. The number of pyridine rings is 1. The highest BCUT2D eigenvalue weighted by Gasteiger charge is 2.04. The predicted molar refractivity (Wildman–Crippen MR) is 50.7 cm³/mol. The topological polar surface area (TPSA) is 63.0 Å². The van der Waals surface area contributed by atoms with E-state index in [9.17, 15) is 4.79 Å². The van der Waals surface area contributed by atoms with Crippen LogP contribution in [-0.4, -0.2) is 24.3 Å². The summed E-state index contributed by atoms with van der Waals surface area (Å²) in [4.78, 5) is 14.8. The van der Waals surface area contributed by atoms with Crippen LogP contribution in [0.4, 0.5) is 0 Å². The Morgan fingerprint density at radius 2 is 2.38 bits per heavy atom. The molecule has 0 fully saturated rings. The van der Waals surface area contributed by atoms with Gasteiger partial charge < -0.3 is 10.1 Å². The van der Waals surface area contributed by atoms with Gasteiger partial charge in [-0.2, -0.15) is 0 Å². The molecule has 0 aliphatic carbocycles. The maximum Gasteiger partial charge on any atom is 0.337 e. The Hall–Kier alpha value is -1.42. The molecule has 0 amide bonds. The van der Waals surface area contributed by atoms with E-state index in [1.54, 1.807) is 6.07 Å². The highest BCUT2D eigenvalue weighted by molar-refractivity contribution is 5.91. The molecular weight excluding hydrogens is 192 g/mol. The molecule has 0 aliphatic rings. The van der Waals surface area contributed by atoms with Gasteiger partial charge in [0.25, 0.3) is 0 Å². The minimum Gasteiger partial charge on any atom is -0.465 e. The van der Waals surface area contributed by atoms with Crippen LogP contribution in [0.25, 0.3) is 0 Å². The van der Waals surface area contributed by atoms with Crippen molar-refractivity contribution in [3.05, 3.63) is 29.6 Å². The number of esters is 1. The summed E-state index contributed by atoms with van der Waals surface area (Å²) in [6, 6.07) is 3.04. The number of nitrogens with zero attached hydrogens (tertiary/aromatic N) is 1. The van der Waals surface area contributed by atoms with Crippen LogP contribution in [0.15, 0.2) is 18.3 Å². The molecule has 13 heavy (non-hydrogen) atoms. The standard InChI is InChI=1S/C8H8N2O2.ClH/c1-12-8(11)6-2-3-10-7(4-6)5-9;/h2-5,9H,1H3;1H. The van der Waals surface area contributed by atoms with Gasteiger partial charge in [-0.3, -0.25) is 4.98 Å². The zero-order chi connectivity index (χ0) is 8.97. The van der Waals surface area contributed by atoms with Crippen LogP contribution in [0.5, 0.6) is 0 Å². The van der Waals surface area contributed by atoms with E-state index in [-0.39, 0.29) is 12.4 Å². The number of methoxy groups -OCH3 is 1. The van der Waals surface area contributed by atoms with Gasteiger partial charge in [0.2, 0.25) is 0 Å². The average Bonchev–Trinajstić information content (AvgIpc) is 2.17. The van der Waals surface area contributed by atoms with Gasteiger partial charge in [-0.1, -0.05) is 0 Å². The Balaban J connectivity index is 0.00000144. The summed E-state index contributed by atoms with van der Waals surface area (Å²) in [6.45, 7) is 0. The summed E-state index contributed by atoms with van der Waals surface area (Å²) < 4.78 is 4.49. The molecular formula is C8H9ClN2O2. The summed E-state index contributed by atoms with van der Waals surface area (Å²) in [6.07, 6.45) is 2.54. The van der Waals surface area contributed by atoms with Crippen molar-refractivity contribution >= 4 is 24.6 Å². The first-order valence-electron chi connectivity index (χ1n) is 3.33. The van der Waals surface area contributed by atoms with Crippen molar-refractivity contribution in [3.8, 4) is 0 Å². The Morgan fingerprint density at radius 3 is 2.92 bits per heavy atom. The van der Waals surface area contributed by atoms with Crippen molar-refractivity contribution in [2.24, 2.45) is 0 Å². The van der Waals surface area contributed by atoms with Gasteiger partial charge in [0.05, 0.1) is 18.4 Å². The fourth-order valence-electron chi connectivity index (χ4n) is 0.772. The van der Waals surface area contributed by atoms with Crippen molar-refractivity contribution in [2.45, 2.75) is 0 Å². The van der Waals surface area contributed by atoms with Gasteiger partial charge >= 0.3 is 5.97 Å². The molecule has 0 bridgehead atoms. The van der Waals surface area contributed by atoms with E-state index in [0.717, 1.165) is 6.21 Å². The van der Waals surface area contributed by atoms with E-state index >= 15 is 0 Å². The second-order valence-electron chi connectivity index (χ2n) is 2.11. The lowest BCUT2D eigenvalue weighted by atomic mass is 10.2. The lowest BCUT2D eigenvalue weighted by Crippen LogP contribution is -2.02. The molecule has 0 spiro atoms. The lowest BCUT2D eigenvalue weighted by molar-refractivity contribution is 0.0600. The van der Waals surface area contributed by atoms with Crippen LogP contribution in [-0.2, 0) is 4.74 Å². The third kappa shape index (κ3) is 2.83. The summed E-state index contributed by atoms with van der Waals surface area (Å²) in [5.74, 6) is -0.416. The number of nitrogens with one attached hydrogen (secondary N) is 1. The van der Waals surface area contributed by atoms with E-state index in [1.165, 1.54) is 19.4 Å². The highest BCUT2D eigenvalue weighted by Crippen LogP contribution is 2.01. The van der Waals surface area contributed by atoms with Gasteiger partial charge in [-0.05, 0) is 12.1 Å². The minimum absolute atomic E-state index is 0. The van der Waals surface area contributed by atoms with Crippen LogP contribution in [0.3, 0.4) is 0 Å². The fraction of sp³-hybridized carbons (Fsp3) is 0.125. The normalized spacial score (nSPS) is 8.38. The number of hydrogen-bond acceptors (Lipinski definition) is 4. The van der Waals surface area contributed by atoms with Gasteiger partial charge in [0.1, 0.15) is 0 Å². The molecule has 0 aromatic carbocycles. The third-order valence-corrected chi connectivity index (χ3v) is 1.35. The summed E-state index contributed by atoms with van der Waals surface area (Å²) in [7, 11) is 1.31. The quantitative estimate of drug-likeness (QED) is 0.578. The van der Waals surface area contributed by atoms with Crippen molar-refractivity contribution in [2.75, 3.05) is 7.11 Å². The zero-order valence-corrected chi connectivity index (χ0v) is 7.80. The lowest BCUT2D eigenvalue weighted by Gasteiger charge is -1.98. The molecule has 0 saturated carbocycles. The van der Waals surface area contributed by atoms with Crippen molar-refractivity contribution in [3.63, 3.8) is 0 Å². The molecule has 1 heterocycles. The van der Waals surface area contributed by atoms with Gasteiger partial charge in [0.15, 0.2) is 0 Å². The van der Waals surface area contributed by atoms with E-state index in [0.29, 0.717) is 11.3 Å². The molecule has 1 N–H and O–H groups in total. The van der Waals surface area contributed by atoms with Gasteiger partial charge in [0, 0.05) is 12.4 Å². The van der Waals surface area contributed by atoms with Crippen molar-refractivity contribution < 1.29 is 9.53 Å². The average molecular weight is 201 g/mol. The van der Waals surface area contributed by atoms with Crippen LogP contribution in [0, 0.1) is 5.41 Å². The van der Waals surface area contributed by atoms with E-state index in [2.05, 4.69) is 9.72 Å². The van der Waals surface area contributed by atoms with Crippen LogP contribution >= 0.6 is 12.4 Å².